The summed E-state index contributed by atoms with van der Waals surface area (Å²) in [5.41, 5.74) is -0.0552. The number of aliphatic hydroxyl groups is 2. The van der Waals surface area contributed by atoms with Crippen molar-refractivity contribution in [2.45, 2.75) is 66.2 Å². The summed E-state index contributed by atoms with van der Waals surface area (Å²) in [6.45, 7) is 8.73. The van der Waals surface area contributed by atoms with E-state index in [-0.39, 0.29) is 24.0 Å². The molecule has 0 bridgehead atoms. The first kappa shape index (κ1) is 22.5. The molecule has 0 amide bonds. The van der Waals surface area contributed by atoms with E-state index < -0.39 is 0 Å². The molecule has 2 N–H and O–H groups in total. The van der Waals surface area contributed by atoms with E-state index in [1.165, 1.54) is 0 Å². The molecule has 2 aromatic heterocycles. The van der Waals surface area contributed by atoms with E-state index in [0.717, 1.165) is 61.6 Å². The van der Waals surface area contributed by atoms with Crippen LogP contribution in [-0.4, -0.2) is 23.4 Å². The molecule has 4 nitrogen and oxygen atoms in total. The topological polar surface area (TPSA) is 66.7 Å². The fraction of sp³-hybridized carbons (Fsp3) is 0.583. The molecular weight excluding hydrogens is 352 g/mol. The lowest BCUT2D eigenvalue weighted by Gasteiger charge is -2.20. The molecule has 0 radical (unpaired) electrons. The molecule has 2 heterocycles. The van der Waals surface area contributed by atoms with Gasteiger partial charge in [0.05, 0.1) is 0 Å². The quantitative estimate of drug-likeness (QED) is 0.487. The second-order valence-corrected chi connectivity index (χ2v) is 9.29. The van der Waals surface area contributed by atoms with Crippen molar-refractivity contribution in [2.24, 2.45) is 10.8 Å². The number of aliphatic hydroxyl groups excluding tert-OH is 2. The molecule has 0 aliphatic rings. The van der Waals surface area contributed by atoms with Gasteiger partial charge in [-0.1, -0.05) is 27.7 Å². The third kappa shape index (κ3) is 7.69. The lowest BCUT2D eigenvalue weighted by molar-refractivity contribution is 0.147. The number of hydrogen-bond donors (Lipinski definition) is 2. The molecule has 0 saturated heterocycles. The van der Waals surface area contributed by atoms with Crippen LogP contribution in [-0.2, 0) is 12.8 Å². The SMILES string of the molecule is CC(C)(CO)CCCc1ccc(/C=C/c2ccc(CCCC(C)(C)CO)o2)o1. The molecular formula is C24H36O4. The van der Waals surface area contributed by atoms with Gasteiger partial charge in [-0.15, -0.1) is 0 Å². The van der Waals surface area contributed by atoms with E-state index in [0.29, 0.717) is 0 Å². The minimum absolute atomic E-state index is 0.0276. The molecule has 156 valence electrons. The van der Waals surface area contributed by atoms with Crippen LogP contribution in [0.1, 0.15) is 76.4 Å². The van der Waals surface area contributed by atoms with Crippen LogP contribution >= 0.6 is 0 Å². The van der Waals surface area contributed by atoms with Crippen molar-refractivity contribution in [2.75, 3.05) is 13.2 Å². The summed E-state index contributed by atoms with van der Waals surface area (Å²) >= 11 is 0. The second kappa shape index (κ2) is 10.1. The molecule has 0 fully saturated rings. The summed E-state index contributed by atoms with van der Waals surface area (Å²) in [5.74, 6) is 3.58. The van der Waals surface area contributed by atoms with Gasteiger partial charge in [-0.25, -0.2) is 0 Å². The van der Waals surface area contributed by atoms with E-state index in [9.17, 15) is 10.2 Å². The Morgan fingerprint density at radius 1 is 0.714 bits per heavy atom. The molecule has 0 aromatic carbocycles. The van der Waals surface area contributed by atoms with Crippen LogP contribution in [0.25, 0.3) is 12.2 Å². The third-order valence-electron chi connectivity index (χ3n) is 5.19. The van der Waals surface area contributed by atoms with Crippen LogP contribution < -0.4 is 0 Å². The Hall–Kier alpha value is -1.78. The average molecular weight is 389 g/mol. The molecule has 0 aliphatic heterocycles. The summed E-state index contributed by atoms with van der Waals surface area (Å²) in [4.78, 5) is 0. The zero-order valence-corrected chi connectivity index (χ0v) is 17.8. The van der Waals surface area contributed by atoms with Gasteiger partial charge in [0.2, 0.25) is 0 Å². The van der Waals surface area contributed by atoms with Crippen LogP contribution in [0, 0.1) is 10.8 Å². The van der Waals surface area contributed by atoms with Gasteiger partial charge in [-0.3, -0.25) is 0 Å². The molecule has 0 spiro atoms. The van der Waals surface area contributed by atoms with E-state index in [2.05, 4.69) is 27.7 Å². The Labute approximate surface area is 169 Å². The van der Waals surface area contributed by atoms with Gasteiger partial charge in [0.15, 0.2) is 0 Å². The number of aryl methyl sites for hydroxylation is 2. The molecule has 0 unspecified atom stereocenters. The average Bonchev–Trinajstić information content (AvgIpc) is 3.29. The lowest BCUT2D eigenvalue weighted by Crippen LogP contribution is -2.16. The highest BCUT2D eigenvalue weighted by Gasteiger charge is 2.16. The van der Waals surface area contributed by atoms with Crippen molar-refractivity contribution in [3.8, 4) is 0 Å². The summed E-state index contributed by atoms with van der Waals surface area (Å²) in [7, 11) is 0. The maximum absolute atomic E-state index is 9.32. The van der Waals surface area contributed by atoms with Gasteiger partial charge >= 0.3 is 0 Å². The zero-order valence-electron chi connectivity index (χ0n) is 17.8. The van der Waals surface area contributed by atoms with Crippen LogP contribution in [0.5, 0.6) is 0 Å². The minimum Gasteiger partial charge on any atom is -0.462 e. The first-order valence-electron chi connectivity index (χ1n) is 10.3. The number of hydrogen-bond acceptors (Lipinski definition) is 4. The third-order valence-corrected chi connectivity index (χ3v) is 5.19. The fourth-order valence-electron chi connectivity index (χ4n) is 3.04. The first-order chi connectivity index (χ1) is 13.2. The highest BCUT2D eigenvalue weighted by molar-refractivity contribution is 5.64. The standard InChI is InChI=1S/C24H36O4/c1-23(2,17-25)15-5-7-19-9-11-21(27-19)13-14-22-12-10-20(28-22)8-6-16-24(3,4)18-26/h9-14,25-26H,5-8,15-18H2,1-4H3/b14-13+. The van der Waals surface area contributed by atoms with Crippen molar-refractivity contribution in [1.82, 2.24) is 0 Å². The number of rotatable bonds is 12. The van der Waals surface area contributed by atoms with Gasteiger partial charge in [0.1, 0.15) is 23.0 Å². The van der Waals surface area contributed by atoms with Crippen molar-refractivity contribution >= 4 is 12.2 Å². The largest absolute Gasteiger partial charge is 0.462 e. The lowest BCUT2D eigenvalue weighted by atomic mass is 9.88. The molecule has 4 heteroatoms. The fourth-order valence-corrected chi connectivity index (χ4v) is 3.04. The maximum atomic E-state index is 9.32. The van der Waals surface area contributed by atoms with Crippen LogP contribution in [0.15, 0.2) is 33.1 Å². The van der Waals surface area contributed by atoms with E-state index in [1.807, 2.05) is 36.4 Å². The predicted molar refractivity (Wildman–Crippen MR) is 114 cm³/mol. The summed E-state index contributed by atoms with van der Waals surface area (Å²) in [6.07, 6.45) is 9.56. The van der Waals surface area contributed by atoms with E-state index in [1.54, 1.807) is 0 Å². The normalized spacial score (nSPS) is 12.9. The van der Waals surface area contributed by atoms with Crippen LogP contribution in [0.3, 0.4) is 0 Å². The van der Waals surface area contributed by atoms with Gasteiger partial charge < -0.3 is 19.0 Å². The van der Waals surface area contributed by atoms with Crippen molar-refractivity contribution in [1.29, 1.82) is 0 Å². The maximum Gasteiger partial charge on any atom is 0.127 e. The van der Waals surface area contributed by atoms with Crippen molar-refractivity contribution < 1.29 is 19.0 Å². The zero-order chi connectivity index (χ0) is 20.6. The monoisotopic (exact) mass is 388 g/mol. The van der Waals surface area contributed by atoms with Gasteiger partial charge in [0.25, 0.3) is 0 Å². The van der Waals surface area contributed by atoms with Gasteiger partial charge in [-0.2, -0.15) is 0 Å². The van der Waals surface area contributed by atoms with E-state index >= 15 is 0 Å². The van der Waals surface area contributed by atoms with E-state index in [4.69, 9.17) is 8.83 Å². The molecule has 28 heavy (non-hydrogen) atoms. The Kier molecular flexibility index (Phi) is 8.14. The highest BCUT2D eigenvalue weighted by atomic mass is 16.3. The van der Waals surface area contributed by atoms with Gasteiger partial charge in [0, 0.05) is 26.1 Å². The molecule has 0 saturated carbocycles. The minimum atomic E-state index is -0.0276. The summed E-state index contributed by atoms with van der Waals surface area (Å²) in [6, 6.07) is 7.98. The first-order valence-corrected chi connectivity index (χ1v) is 10.3. The summed E-state index contributed by atoms with van der Waals surface area (Å²) < 4.78 is 11.7. The molecule has 2 aromatic rings. The van der Waals surface area contributed by atoms with Crippen molar-refractivity contribution in [3.63, 3.8) is 0 Å². The number of furan rings is 2. The van der Waals surface area contributed by atoms with Gasteiger partial charge in [-0.05, 0) is 72.9 Å². The second-order valence-electron chi connectivity index (χ2n) is 9.29. The molecule has 2 rings (SSSR count). The Morgan fingerprint density at radius 3 is 1.46 bits per heavy atom. The molecule has 0 atom stereocenters. The highest BCUT2D eigenvalue weighted by Crippen LogP contribution is 2.24. The Morgan fingerprint density at radius 2 is 1.11 bits per heavy atom. The predicted octanol–water partition coefficient (Wildman–Crippen LogP) is 5.73. The summed E-state index contributed by atoms with van der Waals surface area (Å²) in [5, 5.41) is 18.6. The van der Waals surface area contributed by atoms with Crippen LogP contribution in [0.4, 0.5) is 0 Å². The Balaban J connectivity index is 1.80. The smallest absolute Gasteiger partial charge is 0.127 e. The van der Waals surface area contributed by atoms with Crippen molar-refractivity contribution in [3.05, 3.63) is 47.3 Å². The van der Waals surface area contributed by atoms with Crippen LogP contribution in [0.2, 0.25) is 0 Å². The molecule has 0 aliphatic carbocycles. The Bertz CT molecular complexity index is 671.